The Hall–Kier alpha value is -2.72. The lowest BCUT2D eigenvalue weighted by Crippen LogP contribution is -2.11. The Bertz CT molecular complexity index is 1250. The van der Waals surface area contributed by atoms with E-state index in [1.807, 2.05) is 6.92 Å². The van der Waals surface area contributed by atoms with Crippen LogP contribution < -0.4 is 4.18 Å². The molecule has 0 aliphatic carbocycles. The Morgan fingerprint density at radius 1 is 0.800 bits per heavy atom. The monoisotopic (exact) mass is 448 g/mol. The molecule has 0 saturated heterocycles. The summed E-state index contributed by atoms with van der Waals surface area (Å²) in [7, 11) is -8.39. The predicted molar refractivity (Wildman–Crippen MR) is 110 cm³/mol. The predicted octanol–water partition coefficient (Wildman–Crippen LogP) is 3.09. The molecule has 0 fully saturated rings. The first-order valence-corrected chi connectivity index (χ1v) is 11.7. The average Bonchev–Trinajstić information content (AvgIpc) is 2.69. The summed E-state index contributed by atoms with van der Waals surface area (Å²) in [5.74, 6) is 0.0704. The number of aliphatic hydroxyl groups is 1. The highest BCUT2D eigenvalue weighted by Crippen LogP contribution is 2.27. The zero-order valence-corrected chi connectivity index (χ0v) is 17.7. The van der Waals surface area contributed by atoms with Crippen LogP contribution in [0.5, 0.6) is 5.75 Å². The normalized spacial score (nSPS) is 12.0. The van der Waals surface area contributed by atoms with Crippen molar-refractivity contribution in [3.63, 3.8) is 0 Å². The molecule has 3 aromatic rings. The van der Waals surface area contributed by atoms with Gasteiger partial charge in [-0.2, -0.15) is 16.8 Å². The molecule has 30 heavy (non-hydrogen) atoms. The van der Waals surface area contributed by atoms with Gasteiger partial charge in [0.25, 0.3) is 10.1 Å². The first-order valence-electron chi connectivity index (χ1n) is 8.89. The largest absolute Gasteiger partial charge is 0.392 e. The SMILES string of the molecule is Cc1ccc(S(=O)(=O)Oc2cc(CO)ccc2Cc2ccc(S(=O)(=O)O)cc2)cc1. The molecule has 0 amide bonds. The van der Waals surface area contributed by atoms with Crippen LogP contribution in [0.3, 0.4) is 0 Å². The second kappa shape index (κ2) is 8.57. The van der Waals surface area contributed by atoms with E-state index < -0.39 is 20.2 Å². The van der Waals surface area contributed by atoms with Crippen LogP contribution in [-0.4, -0.2) is 26.5 Å². The van der Waals surface area contributed by atoms with Crippen molar-refractivity contribution in [1.82, 2.24) is 0 Å². The number of hydrogen-bond acceptors (Lipinski definition) is 6. The first-order chi connectivity index (χ1) is 14.1. The van der Waals surface area contributed by atoms with E-state index in [1.54, 1.807) is 24.3 Å². The molecule has 0 aliphatic heterocycles. The summed E-state index contributed by atoms with van der Waals surface area (Å²) in [5.41, 5.74) is 2.60. The van der Waals surface area contributed by atoms with Crippen LogP contribution in [0.25, 0.3) is 0 Å². The lowest BCUT2D eigenvalue weighted by molar-refractivity contribution is 0.281. The van der Waals surface area contributed by atoms with Crippen molar-refractivity contribution in [2.24, 2.45) is 0 Å². The fourth-order valence-electron chi connectivity index (χ4n) is 2.79. The van der Waals surface area contributed by atoms with Crippen molar-refractivity contribution in [2.45, 2.75) is 29.7 Å². The van der Waals surface area contributed by atoms with E-state index in [2.05, 4.69) is 0 Å². The van der Waals surface area contributed by atoms with Gasteiger partial charge in [0.2, 0.25) is 0 Å². The highest BCUT2D eigenvalue weighted by Gasteiger charge is 2.19. The molecule has 0 unspecified atom stereocenters. The van der Waals surface area contributed by atoms with Crippen LogP contribution in [0.15, 0.2) is 76.5 Å². The number of hydrogen-bond donors (Lipinski definition) is 2. The molecule has 7 nitrogen and oxygen atoms in total. The second-order valence-corrected chi connectivity index (χ2v) is 9.71. The van der Waals surface area contributed by atoms with Gasteiger partial charge in [-0.3, -0.25) is 4.55 Å². The zero-order valence-electron chi connectivity index (χ0n) is 16.0. The van der Waals surface area contributed by atoms with Gasteiger partial charge in [0.15, 0.2) is 0 Å². The van der Waals surface area contributed by atoms with E-state index in [9.17, 15) is 21.9 Å². The smallest absolute Gasteiger partial charge is 0.339 e. The van der Waals surface area contributed by atoms with Gasteiger partial charge >= 0.3 is 10.1 Å². The Labute approximate surface area is 175 Å². The van der Waals surface area contributed by atoms with Crippen molar-refractivity contribution in [3.8, 4) is 5.75 Å². The average molecular weight is 449 g/mol. The molecular weight excluding hydrogens is 428 g/mol. The van der Waals surface area contributed by atoms with Gasteiger partial charge < -0.3 is 9.29 Å². The number of aliphatic hydroxyl groups excluding tert-OH is 1. The lowest BCUT2D eigenvalue weighted by Gasteiger charge is -2.13. The van der Waals surface area contributed by atoms with E-state index in [-0.39, 0.29) is 28.6 Å². The molecule has 0 radical (unpaired) electrons. The van der Waals surface area contributed by atoms with Gasteiger partial charge in [-0.25, -0.2) is 0 Å². The summed E-state index contributed by atoms with van der Waals surface area (Å²) >= 11 is 0. The van der Waals surface area contributed by atoms with Gasteiger partial charge in [-0.05, 0) is 48.4 Å². The van der Waals surface area contributed by atoms with E-state index in [0.717, 1.165) is 5.56 Å². The quantitative estimate of drug-likeness (QED) is 0.421. The minimum absolute atomic E-state index is 0.00552. The Kier molecular flexibility index (Phi) is 6.27. The van der Waals surface area contributed by atoms with Crippen LogP contribution in [0, 0.1) is 6.92 Å². The van der Waals surface area contributed by atoms with Gasteiger partial charge in [0.1, 0.15) is 10.6 Å². The van der Waals surface area contributed by atoms with Crippen molar-refractivity contribution >= 4 is 20.2 Å². The van der Waals surface area contributed by atoms with Gasteiger partial charge in [0.05, 0.1) is 11.5 Å². The molecular formula is C21H20O7S2. The summed E-state index contributed by atoms with van der Waals surface area (Å²) < 4.78 is 62.2. The topological polar surface area (TPSA) is 118 Å². The molecule has 0 heterocycles. The fraction of sp³-hybridized carbons (Fsp3) is 0.143. The molecule has 0 bridgehead atoms. The summed E-state index contributed by atoms with van der Waals surface area (Å²) in [6.45, 7) is 1.55. The zero-order chi connectivity index (χ0) is 21.9. The molecule has 0 spiro atoms. The highest BCUT2D eigenvalue weighted by atomic mass is 32.2. The molecule has 158 valence electrons. The highest BCUT2D eigenvalue weighted by molar-refractivity contribution is 7.87. The molecule has 0 aromatic heterocycles. The molecule has 2 N–H and O–H groups in total. The van der Waals surface area contributed by atoms with Crippen molar-refractivity contribution in [1.29, 1.82) is 0 Å². The van der Waals surface area contributed by atoms with Crippen LogP contribution in [0.4, 0.5) is 0 Å². The van der Waals surface area contributed by atoms with E-state index >= 15 is 0 Å². The lowest BCUT2D eigenvalue weighted by atomic mass is 10.0. The third-order valence-corrected chi connectivity index (χ3v) is 6.56. The summed E-state index contributed by atoms with van der Waals surface area (Å²) in [5, 5.41) is 9.41. The molecule has 0 saturated carbocycles. The third kappa shape index (κ3) is 5.25. The van der Waals surface area contributed by atoms with Crippen LogP contribution in [-0.2, 0) is 33.3 Å². The molecule has 0 atom stereocenters. The third-order valence-electron chi connectivity index (χ3n) is 4.44. The number of rotatable bonds is 7. The van der Waals surface area contributed by atoms with Gasteiger partial charge in [-0.15, -0.1) is 0 Å². The van der Waals surface area contributed by atoms with Gasteiger partial charge in [0, 0.05) is 12.0 Å². The molecule has 9 heteroatoms. The minimum Gasteiger partial charge on any atom is -0.392 e. The maximum Gasteiger partial charge on any atom is 0.339 e. The molecule has 3 aromatic carbocycles. The first kappa shape index (κ1) is 22.0. The minimum atomic E-state index is -4.30. The maximum absolute atomic E-state index is 12.7. The molecule has 0 aliphatic rings. The number of benzene rings is 3. The Balaban J connectivity index is 1.93. The van der Waals surface area contributed by atoms with Crippen LogP contribution in [0.1, 0.15) is 22.3 Å². The van der Waals surface area contributed by atoms with E-state index in [4.69, 9.17) is 8.74 Å². The van der Waals surface area contributed by atoms with E-state index in [0.29, 0.717) is 16.7 Å². The maximum atomic E-state index is 12.7. The van der Waals surface area contributed by atoms with Crippen molar-refractivity contribution in [3.05, 3.63) is 89.0 Å². The van der Waals surface area contributed by atoms with Crippen LogP contribution in [0.2, 0.25) is 0 Å². The van der Waals surface area contributed by atoms with Crippen molar-refractivity contribution in [2.75, 3.05) is 0 Å². The summed E-state index contributed by atoms with van der Waals surface area (Å²) in [6.07, 6.45) is 0.246. The number of aryl methyl sites for hydroxylation is 1. The molecule has 3 rings (SSSR count). The Morgan fingerprint density at radius 2 is 1.37 bits per heavy atom. The van der Waals surface area contributed by atoms with Gasteiger partial charge in [-0.1, -0.05) is 42.0 Å². The standard InChI is InChI=1S/C21H20O7S2/c1-15-2-8-20(9-3-15)30(26,27)28-21-13-17(14-22)4-7-18(21)12-16-5-10-19(11-6-16)29(23,24)25/h2-11,13,22H,12,14H2,1H3,(H,23,24,25). The summed E-state index contributed by atoms with van der Waals surface area (Å²) in [6, 6.07) is 16.5. The van der Waals surface area contributed by atoms with Crippen LogP contribution >= 0.6 is 0 Å². The Morgan fingerprint density at radius 3 is 1.93 bits per heavy atom. The summed E-state index contributed by atoms with van der Waals surface area (Å²) in [4.78, 5) is -0.230. The fourth-order valence-corrected chi connectivity index (χ4v) is 4.23. The second-order valence-electron chi connectivity index (χ2n) is 6.75. The van der Waals surface area contributed by atoms with Crippen molar-refractivity contribution < 1.29 is 30.7 Å². The van der Waals surface area contributed by atoms with E-state index in [1.165, 1.54) is 42.5 Å².